The number of Topliss-reactive ketones (excluding diaryl/α,β-unsaturated/α-hetero) is 1. The zero-order valence-electron chi connectivity index (χ0n) is 35.7. The first-order valence-electron chi connectivity index (χ1n) is 19.6. The smallest absolute Gasteiger partial charge is 0.338 e. The zero-order chi connectivity index (χ0) is 45.1. The van der Waals surface area contributed by atoms with Crippen molar-refractivity contribution in [3.8, 4) is 0 Å². The number of hydrogen-bond acceptors (Lipinski definition) is 17. The van der Waals surface area contributed by atoms with Gasteiger partial charge in [0.25, 0.3) is 0 Å². The molecule has 328 valence electrons. The van der Waals surface area contributed by atoms with E-state index in [0.29, 0.717) is 0 Å². The van der Waals surface area contributed by atoms with Crippen molar-refractivity contribution in [3.63, 3.8) is 0 Å². The fourth-order valence-corrected chi connectivity index (χ4v) is 8.58. The second kappa shape index (κ2) is 17.9. The molecule has 1 saturated heterocycles. The van der Waals surface area contributed by atoms with E-state index in [2.05, 4.69) is 0 Å². The van der Waals surface area contributed by atoms with Crippen LogP contribution in [0.15, 0.2) is 42.5 Å². The summed E-state index contributed by atoms with van der Waals surface area (Å²) in [6.07, 6.45) is -8.46. The minimum Gasteiger partial charge on any atom is -0.458 e. The van der Waals surface area contributed by atoms with Crippen LogP contribution < -0.4 is 0 Å². The summed E-state index contributed by atoms with van der Waals surface area (Å²) in [6.45, 7) is 14.1. The number of hydrogen-bond donors (Lipinski definition) is 0. The SMILES string of the molecule is CC(=O)O[C@H]1[C@@H](OC(C)=O)C(C)(C)C=C[C@H](C)C(=O)[C@@]2(OC(C)=O)C[C@@](C)(OC(C)=O)[C@H](OC(C)=O)[C@@H]2[C@H]2OC(=O)CC[C@@]2(OC(=O)c2ccccc2)[C@@H]1OC(=O)C(C)C. The highest BCUT2D eigenvalue weighted by atomic mass is 16.7. The van der Waals surface area contributed by atoms with Gasteiger partial charge in [-0.05, 0) is 19.1 Å². The monoisotopic (exact) mass is 842 g/mol. The molecule has 10 atom stereocenters. The molecule has 0 bridgehead atoms. The van der Waals surface area contributed by atoms with Crippen LogP contribution in [0.25, 0.3) is 0 Å². The van der Waals surface area contributed by atoms with Gasteiger partial charge in [0, 0.05) is 65.2 Å². The van der Waals surface area contributed by atoms with Crippen molar-refractivity contribution in [2.45, 2.75) is 143 Å². The standard InChI is InChI=1S/C43H54O17/c1-22(2)38(51)57-37-32(53-24(4)44)36(55-26(6)46)40(9,10)19-17-23(3)33(50)43(59-28(8)48)21-41(11,58-27(7)47)34(54-25(5)45)31(43)35-42(37,20-18-30(49)56-35)60-39(52)29-15-13-12-14-16-29/h12-17,19,22-23,31-32,34-37H,18,20-21H2,1-11H3/t23-,31+,32-,34+,35+,36+,37+,41+,42-,43+/m0/s1. The van der Waals surface area contributed by atoms with Crippen LogP contribution in [0.3, 0.4) is 0 Å². The van der Waals surface area contributed by atoms with Crippen LogP contribution in [-0.4, -0.2) is 101 Å². The molecule has 4 rings (SSSR count). The summed E-state index contributed by atoms with van der Waals surface area (Å²) in [5.74, 6) is -12.7. The quantitative estimate of drug-likeness (QED) is 0.194. The van der Waals surface area contributed by atoms with Gasteiger partial charge < -0.3 is 37.9 Å². The van der Waals surface area contributed by atoms with E-state index in [1.807, 2.05) is 0 Å². The second-order valence-electron chi connectivity index (χ2n) is 16.7. The number of ketones is 1. The lowest BCUT2D eigenvalue weighted by Gasteiger charge is -2.53. The van der Waals surface area contributed by atoms with Gasteiger partial charge in [0.1, 0.15) is 0 Å². The Hall–Kier alpha value is -5.61. The van der Waals surface area contributed by atoms with E-state index >= 15 is 4.79 Å². The van der Waals surface area contributed by atoms with Gasteiger partial charge in [0.2, 0.25) is 0 Å². The molecule has 0 N–H and O–H groups in total. The molecule has 0 amide bonds. The maximum absolute atomic E-state index is 15.3. The van der Waals surface area contributed by atoms with Crippen molar-refractivity contribution in [1.29, 1.82) is 0 Å². The van der Waals surface area contributed by atoms with Crippen LogP contribution in [-0.2, 0) is 76.3 Å². The predicted molar refractivity (Wildman–Crippen MR) is 205 cm³/mol. The van der Waals surface area contributed by atoms with Crippen molar-refractivity contribution < 1.29 is 81.0 Å². The topological polar surface area (TPSA) is 227 Å². The van der Waals surface area contributed by atoms with E-state index in [1.54, 1.807) is 19.9 Å². The average Bonchev–Trinajstić information content (AvgIpc) is 3.36. The highest BCUT2D eigenvalue weighted by Crippen LogP contribution is 2.57. The Morgan fingerprint density at radius 1 is 0.717 bits per heavy atom. The fraction of sp³-hybridized carbons (Fsp3) is 0.605. The van der Waals surface area contributed by atoms with Crippen LogP contribution in [0, 0.1) is 23.2 Å². The lowest BCUT2D eigenvalue weighted by molar-refractivity contribution is -0.265. The van der Waals surface area contributed by atoms with E-state index in [1.165, 1.54) is 64.1 Å². The van der Waals surface area contributed by atoms with E-state index in [-0.39, 0.29) is 5.56 Å². The van der Waals surface area contributed by atoms with Crippen molar-refractivity contribution in [3.05, 3.63) is 48.0 Å². The molecule has 2 fully saturated rings. The Morgan fingerprint density at radius 3 is 1.82 bits per heavy atom. The third-order valence-electron chi connectivity index (χ3n) is 10.9. The lowest BCUT2D eigenvalue weighted by atomic mass is 9.66. The van der Waals surface area contributed by atoms with E-state index in [4.69, 9.17) is 37.9 Å². The van der Waals surface area contributed by atoms with Crippen LogP contribution in [0.4, 0.5) is 0 Å². The van der Waals surface area contributed by atoms with Crippen LogP contribution >= 0.6 is 0 Å². The summed E-state index contributed by atoms with van der Waals surface area (Å²) in [6, 6.07) is 7.48. The normalized spacial score (nSPS) is 32.3. The van der Waals surface area contributed by atoms with Gasteiger partial charge in [-0.25, -0.2) is 4.79 Å². The number of rotatable bonds is 9. The van der Waals surface area contributed by atoms with Gasteiger partial charge in [-0.2, -0.15) is 0 Å². The first-order valence-corrected chi connectivity index (χ1v) is 19.6. The highest BCUT2D eigenvalue weighted by Gasteiger charge is 2.76. The van der Waals surface area contributed by atoms with Crippen molar-refractivity contribution in [2.75, 3.05) is 0 Å². The maximum Gasteiger partial charge on any atom is 0.338 e. The minimum atomic E-state index is -2.59. The number of carbonyl (C=O) groups is 9. The molecular weight excluding hydrogens is 788 g/mol. The minimum absolute atomic E-state index is 0.0601. The first-order chi connectivity index (χ1) is 27.8. The molecule has 1 aromatic carbocycles. The summed E-state index contributed by atoms with van der Waals surface area (Å²) in [7, 11) is 0. The molecule has 60 heavy (non-hydrogen) atoms. The largest absolute Gasteiger partial charge is 0.458 e. The maximum atomic E-state index is 15.3. The average molecular weight is 843 g/mol. The number of esters is 8. The molecule has 0 spiro atoms. The predicted octanol–water partition coefficient (Wildman–Crippen LogP) is 4.10. The van der Waals surface area contributed by atoms with Gasteiger partial charge in [-0.15, -0.1) is 0 Å². The molecule has 1 saturated carbocycles. The van der Waals surface area contributed by atoms with Gasteiger partial charge in [0.15, 0.2) is 53.1 Å². The number of allylic oxidation sites excluding steroid dienone is 1. The van der Waals surface area contributed by atoms with Crippen LogP contribution in [0.5, 0.6) is 0 Å². The van der Waals surface area contributed by atoms with Gasteiger partial charge in [-0.1, -0.05) is 65.0 Å². The molecule has 0 unspecified atom stereocenters. The molecule has 3 aliphatic rings. The Bertz CT molecular complexity index is 1920. The summed E-state index contributed by atoms with van der Waals surface area (Å²) in [4.78, 5) is 123. The van der Waals surface area contributed by atoms with Crippen molar-refractivity contribution in [1.82, 2.24) is 0 Å². The fourth-order valence-electron chi connectivity index (χ4n) is 8.58. The van der Waals surface area contributed by atoms with Gasteiger partial charge in [-0.3, -0.25) is 38.4 Å². The summed E-state index contributed by atoms with van der Waals surface area (Å²) >= 11 is 0. The third kappa shape index (κ3) is 9.71. The van der Waals surface area contributed by atoms with Crippen LogP contribution in [0.2, 0.25) is 0 Å². The molecule has 17 heteroatoms. The Morgan fingerprint density at radius 2 is 1.28 bits per heavy atom. The van der Waals surface area contributed by atoms with E-state index in [9.17, 15) is 38.4 Å². The molecule has 0 aromatic heterocycles. The molecule has 1 aliphatic heterocycles. The Balaban J connectivity index is 2.34. The Labute approximate surface area is 348 Å². The molecule has 1 aromatic rings. The number of ether oxygens (including phenoxy) is 8. The summed E-state index contributed by atoms with van der Waals surface area (Å²) in [5.41, 5.74) is -8.65. The molecule has 0 radical (unpaired) electrons. The molecule has 1 heterocycles. The number of fused-ring (bicyclic) bond motifs is 3. The number of carbonyl (C=O) groups excluding carboxylic acids is 9. The second-order valence-corrected chi connectivity index (χ2v) is 16.7. The number of benzene rings is 1. The van der Waals surface area contributed by atoms with Crippen molar-refractivity contribution in [2.24, 2.45) is 23.2 Å². The van der Waals surface area contributed by atoms with Gasteiger partial charge >= 0.3 is 47.8 Å². The summed E-state index contributed by atoms with van der Waals surface area (Å²) in [5, 5.41) is 0. The summed E-state index contributed by atoms with van der Waals surface area (Å²) < 4.78 is 48.7. The molecular formula is C43H54O17. The van der Waals surface area contributed by atoms with E-state index < -0.39 is 143 Å². The van der Waals surface area contributed by atoms with Crippen LogP contribution in [0.1, 0.15) is 106 Å². The van der Waals surface area contributed by atoms with Crippen molar-refractivity contribution >= 4 is 53.5 Å². The first kappa shape index (κ1) is 47.1. The molecule has 17 nitrogen and oxygen atoms in total. The third-order valence-corrected chi connectivity index (χ3v) is 10.9. The zero-order valence-corrected chi connectivity index (χ0v) is 35.7. The lowest BCUT2D eigenvalue weighted by Crippen LogP contribution is -2.72. The van der Waals surface area contributed by atoms with E-state index in [0.717, 1.165) is 34.6 Å². The highest BCUT2D eigenvalue weighted by molar-refractivity contribution is 5.94. The Kier molecular flexibility index (Phi) is 14.1. The molecule has 2 aliphatic carbocycles. The van der Waals surface area contributed by atoms with Gasteiger partial charge in [0.05, 0.1) is 17.4 Å².